The number of ether oxygens (including phenoxy) is 2. The summed E-state index contributed by atoms with van der Waals surface area (Å²) in [5.41, 5.74) is 0. The minimum absolute atomic E-state index is 0.0746. The number of hydrogen-bond acceptors (Lipinski definition) is 4. The summed E-state index contributed by atoms with van der Waals surface area (Å²) in [5.74, 6) is 1.28. The highest BCUT2D eigenvalue weighted by molar-refractivity contribution is 8.13. The summed E-state index contributed by atoms with van der Waals surface area (Å²) < 4.78 is 32.9. The van der Waals surface area contributed by atoms with Crippen molar-refractivity contribution in [1.82, 2.24) is 0 Å². The molecule has 0 aliphatic carbocycles. The molecule has 2 aromatic rings. The number of rotatable bonds is 1. The summed E-state index contributed by atoms with van der Waals surface area (Å²) >= 11 is 0. The molecule has 17 heavy (non-hydrogen) atoms. The Morgan fingerprint density at radius 1 is 1.00 bits per heavy atom. The summed E-state index contributed by atoms with van der Waals surface area (Å²) in [4.78, 5) is 0.0746. The van der Waals surface area contributed by atoms with Crippen molar-refractivity contribution in [3.63, 3.8) is 0 Å². The number of fused-ring (bicyclic) bond motifs is 2. The lowest BCUT2D eigenvalue weighted by Gasteiger charge is -2.02. The van der Waals surface area contributed by atoms with Gasteiger partial charge in [-0.05, 0) is 35.0 Å². The summed E-state index contributed by atoms with van der Waals surface area (Å²) in [6, 6.07) is 8.21. The van der Waals surface area contributed by atoms with E-state index >= 15 is 0 Å². The Morgan fingerprint density at radius 3 is 2.29 bits per heavy atom. The Balaban J connectivity index is 2.27. The predicted molar refractivity (Wildman–Crippen MR) is 63.1 cm³/mol. The minimum Gasteiger partial charge on any atom is -0.454 e. The van der Waals surface area contributed by atoms with Crippen LogP contribution in [0.2, 0.25) is 0 Å². The molecule has 1 aliphatic heterocycles. The fourth-order valence-electron chi connectivity index (χ4n) is 1.77. The minimum atomic E-state index is -3.71. The average Bonchev–Trinajstić information content (AvgIpc) is 2.70. The van der Waals surface area contributed by atoms with Gasteiger partial charge in [0.25, 0.3) is 9.05 Å². The molecule has 3 rings (SSSR count). The van der Waals surface area contributed by atoms with Crippen LogP contribution in [-0.2, 0) is 9.05 Å². The van der Waals surface area contributed by atoms with Gasteiger partial charge in [-0.3, -0.25) is 0 Å². The van der Waals surface area contributed by atoms with E-state index in [9.17, 15) is 8.42 Å². The van der Waals surface area contributed by atoms with Crippen molar-refractivity contribution in [3.05, 3.63) is 30.3 Å². The molecule has 0 N–H and O–H groups in total. The Bertz CT molecular complexity index is 709. The highest BCUT2D eigenvalue weighted by Gasteiger charge is 2.16. The molecule has 0 bridgehead atoms. The zero-order valence-corrected chi connectivity index (χ0v) is 10.1. The van der Waals surface area contributed by atoms with Gasteiger partial charge < -0.3 is 9.47 Å². The monoisotopic (exact) mass is 270 g/mol. The van der Waals surface area contributed by atoms with Crippen LogP contribution in [0.1, 0.15) is 0 Å². The first-order valence-electron chi connectivity index (χ1n) is 4.82. The first-order valence-corrected chi connectivity index (χ1v) is 7.13. The van der Waals surface area contributed by atoms with Crippen molar-refractivity contribution in [3.8, 4) is 11.5 Å². The maximum atomic E-state index is 11.2. The van der Waals surface area contributed by atoms with E-state index in [2.05, 4.69) is 0 Å². The number of halogens is 1. The molecule has 0 aromatic heterocycles. The van der Waals surface area contributed by atoms with Gasteiger partial charge in [-0.25, -0.2) is 8.42 Å². The van der Waals surface area contributed by atoms with Gasteiger partial charge >= 0.3 is 0 Å². The van der Waals surface area contributed by atoms with Crippen LogP contribution in [0.5, 0.6) is 11.5 Å². The Morgan fingerprint density at radius 2 is 1.65 bits per heavy atom. The van der Waals surface area contributed by atoms with Gasteiger partial charge in [0.15, 0.2) is 11.5 Å². The smallest absolute Gasteiger partial charge is 0.261 e. The van der Waals surface area contributed by atoms with E-state index in [0.29, 0.717) is 11.5 Å². The van der Waals surface area contributed by atoms with Crippen molar-refractivity contribution in [2.45, 2.75) is 4.90 Å². The highest BCUT2D eigenvalue weighted by Crippen LogP contribution is 2.36. The third-order valence-corrected chi connectivity index (χ3v) is 3.94. The van der Waals surface area contributed by atoms with Gasteiger partial charge in [-0.1, -0.05) is 6.07 Å². The molecule has 0 fully saturated rings. The van der Waals surface area contributed by atoms with Crippen LogP contribution in [0, 0.1) is 0 Å². The molecular formula is C11H7ClO4S. The number of benzene rings is 2. The fraction of sp³-hybridized carbons (Fsp3) is 0.0909. The molecule has 4 nitrogen and oxygen atoms in total. The first-order chi connectivity index (χ1) is 8.04. The van der Waals surface area contributed by atoms with E-state index < -0.39 is 9.05 Å². The molecule has 6 heteroatoms. The van der Waals surface area contributed by atoms with E-state index in [0.717, 1.165) is 10.8 Å². The zero-order chi connectivity index (χ0) is 12.0. The second-order valence-electron chi connectivity index (χ2n) is 3.65. The molecule has 0 saturated carbocycles. The van der Waals surface area contributed by atoms with Gasteiger partial charge in [0.05, 0.1) is 4.90 Å². The van der Waals surface area contributed by atoms with Crippen molar-refractivity contribution in [1.29, 1.82) is 0 Å². The van der Waals surface area contributed by atoms with Gasteiger partial charge in [0.1, 0.15) is 0 Å². The lowest BCUT2D eigenvalue weighted by atomic mass is 10.1. The van der Waals surface area contributed by atoms with Crippen LogP contribution < -0.4 is 9.47 Å². The van der Waals surface area contributed by atoms with E-state index in [1.54, 1.807) is 12.1 Å². The summed E-state index contributed by atoms with van der Waals surface area (Å²) in [6.07, 6.45) is 0. The molecule has 1 heterocycles. The maximum Gasteiger partial charge on any atom is 0.261 e. The van der Waals surface area contributed by atoms with E-state index in [1.807, 2.05) is 6.07 Å². The highest BCUT2D eigenvalue weighted by atomic mass is 35.7. The van der Waals surface area contributed by atoms with Crippen molar-refractivity contribution in [2.24, 2.45) is 0 Å². The Hall–Kier alpha value is -1.46. The standard InChI is InChI=1S/C11H7ClO4S/c12-17(13,14)9-2-1-7-4-10-11(16-6-15-10)5-8(7)3-9/h1-5H,6H2. The van der Waals surface area contributed by atoms with Crippen LogP contribution >= 0.6 is 10.7 Å². The average molecular weight is 271 g/mol. The lowest BCUT2D eigenvalue weighted by molar-refractivity contribution is 0.174. The normalized spacial score (nSPS) is 14.2. The topological polar surface area (TPSA) is 52.6 Å². The van der Waals surface area contributed by atoms with Crippen LogP contribution in [0.3, 0.4) is 0 Å². The van der Waals surface area contributed by atoms with Crippen molar-refractivity contribution < 1.29 is 17.9 Å². The Kier molecular flexibility index (Phi) is 2.21. The maximum absolute atomic E-state index is 11.2. The molecule has 0 unspecified atom stereocenters. The molecular weight excluding hydrogens is 264 g/mol. The molecule has 88 valence electrons. The molecule has 0 spiro atoms. The van der Waals surface area contributed by atoms with E-state index in [4.69, 9.17) is 20.2 Å². The van der Waals surface area contributed by atoms with Crippen LogP contribution in [-0.4, -0.2) is 15.2 Å². The number of hydrogen-bond donors (Lipinski definition) is 0. The van der Waals surface area contributed by atoms with Gasteiger partial charge in [0, 0.05) is 10.7 Å². The fourth-order valence-corrected chi connectivity index (χ4v) is 2.55. The largest absolute Gasteiger partial charge is 0.454 e. The zero-order valence-electron chi connectivity index (χ0n) is 8.51. The third-order valence-electron chi connectivity index (χ3n) is 2.58. The van der Waals surface area contributed by atoms with Crippen molar-refractivity contribution in [2.75, 3.05) is 6.79 Å². The molecule has 2 aromatic carbocycles. The van der Waals surface area contributed by atoms with Gasteiger partial charge in [-0.2, -0.15) is 0 Å². The molecule has 0 radical (unpaired) electrons. The predicted octanol–water partition coefficient (Wildman–Crippen LogP) is 2.50. The molecule has 0 atom stereocenters. The SMILES string of the molecule is O=S(=O)(Cl)c1ccc2cc3c(cc2c1)OCO3. The summed E-state index contributed by atoms with van der Waals surface area (Å²) in [6.45, 7) is 0.187. The quantitative estimate of drug-likeness (QED) is 0.747. The summed E-state index contributed by atoms with van der Waals surface area (Å²) in [5, 5.41) is 1.62. The molecule has 0 saturated heterocycles. The van der Waals surface area contributed by atoms with Gasteiger partial charge in [-0.15, -0.1) is 0 Å². The molecule has 0 amide bonds. The van der Waals surface area contributed by atoms with Gasteiger partial charge in [0.2, 0.25) is 6.79 Å². The summed E-state index contributed by atoms with van der Waals surface area (Å²) in [7, 11) is 1.58. The lowest BCUT2D eigenvalue weighted by Crippen LogP contribution is -1.92. The van der Waals surface area contributed by atoms with Crippen LogP contribution in [0.15, 0.2) is 35.2 Å². The second-order valence-corrected chi connectivity index (χ2v) is 6.22. The van der Waals surface area contributed by atoms with Crippen molar-refractivity contribution >= 4 is 30.5 Å². The second kappa shape index (κ2) is 3.51. The molecule has 1 aliphatic rings. The van der Waals surface area contributed by atoms with E-state index in [1.165, 1.54) is 12.1 Å². The Labute approximate surface area is 102 Å². The first kappa shape index (κ1) is 10.7. The van der Waals surface area contributed by atoms with E-state index in [-0.39, 0.29) is 11.7 Å². The van der Waals surface area contributed by atoms with Crippen LogP contribution in [0.25, 0.3) is 10.8 Å². The third kappa shape index (κ3) is 1.81. The van der Waals surface area contributed by atoms with Crippen LogP contribution in [0.4, 0.5) is 0 Å².